The van der Waals surface area contributed by atoms with E-state index in [0.717, 1.165) is 35.8 Å². The zero-order chi connectivity index (χ0) is 49.6. The molecular formula is C63H94O6P2. The molecule has 2 aliphatic carbocycles. The number of benzene rings is 4. The Morgan fingerprint density at radius 2 is 0.704 bits per heavy atom. The average Bonchev–Trinajstić information content (AvgIpc) is 3.40. The van der Waals surface area contributed by atoms with Crippen molar-refractivity contribution in [2.45, 2.75) is 238 Å². The molecule has 6 nitrogen and oxygen atoms in total. The lowest BCUT2D eigenvalue weighted by Crippen LogP contribution is -2.18. The van der Waals surface area contributed by atoms with Gasteiger partial charge in [-0.25, -0.2) is 0 Å². The van der Waals surface area contributed by atoms with Crippen LogP contribution in [0.3, 0.4) is 0 Å². The Hall–Kier alpha value is -3.14. The van der Waals surface area contributed by atoms with Crippen molar-refractivity contribution in [3.8, 4) is 23.0 Å². The topological polar surface area (TPSA) is 55.4 Å². The summed E-state index contributed by atoms with van der Waals surface area (Å²) in [5, 5.41) is 0. The van der Waals surface area contributed by atoms with Crippen molar-refractivity contribution in [1.82, 2.24) is 0 Å². The minimum absolute atomic E-state index is 0.268. The van der Waals surface area contributed by atoms with E-state index in [1.165, 1.54) is 202 Å². The van der Waals surface area contributed by atoms with E-state index in [1.54, 1.807) is 0 Å². The van der Waals surface area contributed by atoms with Crippen molar-refractivity contribution in [2.75, 3.05) is 13.2 Å². The van der Waals surface area contributed by atoms with Gasteiger partial charge in [0.15, 0.2) is 0 Å². The maximum Gasteiger partial charge on any atom is 0.463 e. The molecule has 4 aromatic carbocycles. The van der Waals surface area contributed by atoms with Gasteiger partial charge in [0.05, 0.1) is 13.2 Å². The first-order valence-electron chi connectivity index (χ1n) is 28.9. The molecule has 2 aliphatic rings. The largest absolute Gasteiger partial charge is 0.463 e. The third-order valence-corrected chi connectivity index (χ3v) is 17.4. The summed E-state index contributed by atoms with van der Waals surface area (Å²) in [5.74, 6) is 4.38. The van der Waals surface area contributed by atoms with Gasteiger partial charge in [-0.1, -0.05) is 242 Å². The van der Waals surface area contributed by atoms with Crippen LogP contribution in [-0.2, 0) is 14.5 Å². The highest BCUT2D eigenvalue weighted by Gasteiger charge is 2.28. The number of para-hydroxylation sites is 2. The molecule has 71 heavy (non-hydrogen) atoms. The van der Waals surface area contributed by atoms with E-state index in [2.05, 4.69) is 125 Å². The lowest BCUT2D eigenvalue weighted by Gasteiger charge is -2.27. The summed E-state index contributed by atoms with van der Waals surface area (Å²) in [5.41, 5.74) is 4.71. The fourth-order valence-corrected chi connectivity index (χ4v) is 12.7. The Morgan fingerprint density at radius 3 is 1.06 bits per heavy atom. The highest BCUT2D eigenvalue weighted by Crippen LogP contribution is 2.48. The molecule has 6 rings (SSSR count). The molecule has 0 heterocycles. The molecule has 0 bridgehead atoms. The summed E-state index contributed by atoms with van der Waals surface area (Å²) in [7, 11) is -3.29. The molecular weight excluding hydrogens is 915 g/mol. The molecule has 0 N–H and O–H groups in total. The van der Waals surface area contributed by atoms with E-state index in [-0.39, 0.29) is 5.41 Å². The van der Waals surface area contributed by atoms with E-state index in [0.29, 0.717) is 25.0 Å². The smallest absolute Gasteiger partial charge is 0.418 e. The molecule has 8 heteroatoms. The van der Waals surface area contributed by atoms with Gasteiger partial charge in [-0.3, -0.25) is 9.05 Å². The highest BCUT2D eigenvalue weighted by atomic mass is 31.2. The molecule has 0 radical (unpaired) electrons. The molecule has 0 spiro atoms. The highest BCUT2D eigenvalue weighted by molar-refractivity contribution is 7.42. The first kappa shape index (κ1) is 57.1. The Balaban J connectivity index is 1.06. The average molecular weight is 1010 g/mol. The van der Waals surface area contributed by atoms with Gasteiger partial charge in [-0.2, -0.15) is 0 Å². The van der Waals surface area contributed by atoms with Crippen LogP contribution in [0.1, 0.15) is 254 Å². The molecule has 4 aromatic rings. The molecule has 0 saturated heterocycles. The Kier molecular flexibility index (Phi) is 27.1. The minimum atomic E-state index is -1.65. The van der Waals surface area contributed by atoms with Gasteiger partial charge >= 0.3 is 17.2 Å². The molecule has 392 valence electrons. The van der Waals surface area contributed by atoms with E-state index < -0.39 is 17.2 Å². The second kappa shape index (κ2) is 33.6. The van der Waals surface area contributed by atoms with Crippen LogP contribution in [-0.4, -0.2) is 13.2 Å². The lowest BCUT2D eigenvalue weighted by molar-refractivity contribution is 0.256. The van der Waals surface area contributed by atoms with Crippen LogP contribution in [0, 0.1) is 0 Å². The third kappa shape index (κ3) is 20.6. The summed E-state index contributed by atoms with van der Waals surface area (Å²) in [6.07, 6.45) is 38.4. The van der Waals surface area contributed by atoms with E-state index in [1.807, 2.05) is 0 Å². The number of rotatable bonds is 36. The number of hydrogen-bond acceptors (Lipinski definition) is 6. The normalized spacial score (nSPS) is 15.6. The predicted octanol–water partition coefficient (Wildman–Crippen LogP) is 21.4. The summed E-state index contributed by atoms with van der Waals surface area (Å²) < 4.78 is 39.6. The predicted molar refractivity (Wildman–Crippen MR) is 301 cm³/mol. The lowest BCUT2D eigenvalue weighted by atomic mass is 9.78. The van der Waals surface area contributed by atoms with Gasteiger partial charge in [0.1, 0.15) is 23.0 Å². The van der Waals surface area contributed by atoms with Gasteiger partial charge in [-0.15, -0.1) is 0 Å². The van der Waals surface area contributed by atoms with Gasteiger partial charge in [0, 0.05) is 5.41 Å². The van der Waals surface area contributed by atoms with Gasteiger partial charge < -0.3 is 18.1 Å². The molecule has 2 unspecified atom stereocenters. The zero-order valence-corrected chi connectivity index (χ0v) is 46.7. The van der Waals surface area contributed by atoms with Crippen molar-refractivity contribution in [1.29, 1.82) is 0 Å². The van der Waals surface area contributed by atoms with Crippen molar-refractivity contribution in [3.05, 3.63) is 119 Å². The van der Waals surface area contributed by atoms with E-state index in [4.69, 9.17) is 27.1 Å². The molecule has 2 saturated carbocycles. The fraction of sp³-hybridized carbons (Fsp3) is 0.619. The summed E-state index contributed by atoms with van der Waals surface area (Å²) in [6.45, 7) is 10.4. The first-order valence-corrected chi connectivity index (χ1v) is 31.1. The van der Waals surface area contributed by atoms with Crippen molar-refractivity contribution in [2.24, 2.45) is 0 Å². The van der Waals surface area contributed by atoms with Crippen LogP contribution in [0.4, 0.5) is 0 Å². The third-order valence-electron chi connectivity index (χ3n) is 15.2. The summed E-state index contributed by atoms with van der Waals surface area (Å²) in [6, 6.07) is 34.2. The monoisotopic (exact) mass is 1010 g/mol. The van der Waals surface area contributed by atoms with Crippen molar-refractivity contribution in [3.63, 3.8) is 0 Å². The fourth-order valence-electron chi connectivity index (χ4n) is 10.6. The maximum atomic E-state index is 6.72. The number of hydrogen-bond donors (Lipinski definition) is 0. The maximum absolute atomic E-state index is 6.72. The molecule has 2 atom stereocenters. The van der Waals surface area contributed by atoms with Gasteiger partial charge in [0.25, 0.3) is 0 Å². The van der Waals surface area contributed by atoms with Crippen molar-refractivity contribution >= 4 is 17.2 Å². The quantitative estimate of drug-likeness (QED) is 0.0334. The van der Waals surface area contributed by atoms with E-state index in [9.17, 15) is 0 Å². The number of unbranched alkanes of at least 4 members (excludes halogenated alkanes) is 18. The van der Waals surface area contributed by atoms with Crippen LogP contribution in [0.15, 0.2) is 97.1 Å². The first-order chi connectivity index (χ1) is 34.9. The standard InChI is InChI=1S/C63H94O6P2/c1-5-7-9-11-13-15-17-19-21-33-51-64-70(68-61-41-31-29-39-59(61)53-35-25-23-26-36-53)66-57-47-43-55(44-48-57)63(3,4)56-45-49-58(50-46-56)67-71(65-52-34-22-20-18-16-14-12-10-8-6-2)69-62-42-32-30-40-60(62)54-37-27-24-28-38-54/h29-32,39-50,53-54H,5-28,33-38,51-52H2,1-4H3. The molecule has 0 aromatic heterocycles. The second-order valence-corrected chi connectivity index (χ2v) is 23.4. The van der Waals surface area contributed by atoms with Crippen LogP contribution >= 0.6 is 17.2 Å². The van der Waals surface area contributed by atoms with Crippen LogP contribution in [0.2, 0.25) is 0 Å². The van der Waals surface area contributed by atoms with Crippen LogP contribution in [0.25, 0.3) is 0 Å². The molecule has 0 amide bonds. The molecule has 2 fully saturated rings. The van der Waals surface area contributed by atoms with Gasteiger partial charge in [0.2, 0.25) is 0 Å². The molecule has 0 aliphatic heterocycles. The van der Waals surface area contributed by atoms with Crippen LogP contribution < -0.4 is 18.1 Å². The summed E-state index contributed by atoms with van der Waals surface area (Å²) >= 11 is 0. The Labute approximate surface area is 435 Å². The van der Waals surface area contributed by atoms with Crippen LogP contribution in [0.5, 0.6) is 23.0 Å². The summed E-state index contributed by atoms with van der Waals surface area (Å²) in [4.78, 5) is 0. The minimum Gasteiger partial charge on any atom is -0.418 e. The van der Waals surface area contributed by atoms with Crippen molar-refractivity contribution < 1.29 is 27.1 Å². The van der Waals surface area contributed by atoms with E-state index >= 15 is 0 Å². The zero-order valence-electron chi connectivity index (χ0n) is 44.9. The SMILES string of the molecule is CCCCCCCCCCCCOP(Oc1ccc(C(C)(C)c2ccc(OP(OCCCCCCCCCCCC)Oc3ccccc3C3CCCCC3)cc2)cc1)Oc1ccccc1C1CCCCC1. The van der Waals surface area contributed by atoms with Gasteiger partial charge in [-0.05, 0) is 109 Å². The Morgan fingerprint density at radius 1 is 0.380 bits per heavy atom. The Bertz CT molecular complexity index is 1830. The second-order valence-electron chi connectivity index (χ2n) is 21.3.